The van der Waals surface area contributed by atoms with Crippen molar-refractivity contribution in [2.45, 2.75) is 44.1 Å². The summed E-state index contributed by atoms with van der Waals surface area (Å²) in [6.07, 6.45) is -5.85. The summed E-state index contributed by atoms with van der Waals surface area (Å²) in [5.41, 5.74) is 3.18. The molecule has 1 heterocycles. The average molecular weight is 360 g/mol. The van der Waals surface area contributed by atoms with E-state index in [1.165, 1.54) is 0 Å². The minimum atomic E-state index is -1.46. The zero-order chi connectivity index (χ0) is 18.7. The maximum Gasteiger partial charge on any atom is 0.229 e. The molecule has 1 aliphatic rings. The molecule has 0 saturated carbocycles. The van der Waals surface area contributed by atoms with Crippen LogP contribution in [0.1, 0.15) is 16.7 Å². The summed E-state index contributed by atoms with van der Waals surface area (Å²) in [4.78, 5) is 0. The lowest BCUT2D eigenvalue weighted by Gasteiger charge is -2.39. The first-order chi connectivity index (χ1) is 12.5. The normalized spacial score (nSPS) is 28.7. The highest BCUT2D eigenvalue weighted by Crippen LogP contribution is 2.28. The molecule has 0 amide bonds. The first-order valence-electron chi connectivity index (χ1n) is 8.60. The molecule has 0 unspecified atom stereocenters. The molecule has 0 aromatic heterocycles. The van der Waals surface area contributed by atoms with E-state index in [0.29, 0.717) is 12.2 Å². The van der Waals surface area contributed by atoms with E-state index in [1.807, 2.05) is 37.3 Å². The van der Waals surface area contributed by atoms with Crippen molar-refractivity contribution in [3.63, 3.8) is 0 Å². The number of benzene rings is 2. The van der Waals surface area contributed by atoms with Crippen LogP contribution in [-0.2, 0) is 11.2 Å². The van der Waals surface area contributed by atoms with E-state index < -0.39 is 37.3 Å². The highest BCUT2D eigenvalue weighted by Gasteiger charge is 2.44. The molecule has 4 N–H and O–H groups in total. The lowest BCUT2D eigenvalue weighted by molar-refractivity contribution is -0.277. The molecule has 6 heteroatoms. The second-order valence-corrected chi connectivity index (χ2v) is 6.59. The van der Waals surface area contributed by atoms with Crippen LogP contribution in [0.4, 0.5) is 0 Å². The van der Waals surface area contributed by atoms with Crippen molar-refractivity contribution in [3.8, 4) is 5.75 Å². The Kier molecular flexibility index (Phi) is 5.90. The van der Waals surface area contributed by atoms with E-state index >= 15 is 0 Å². The van der Waals surface area contributed by atoms with Crippen LogP contribution >= 0.6 is 0 Å². The van der Waals surface area contributed by atoms with Crippen molar-refractivity contribution in [1.82, 2.24) is 0 Å². The first-order valence-corrected chi connectivity index (χ1v) is 8.60. The van der Waals surface area contributed by atoms with E-state index in [9.17, 15) is 20.4 Å². The van der Waals surface area contributed by atoms with Crippen LogP contribution < -0.4 is 4.74 Å². The van der Waals surface area contributed by atoms with Gasteiger partial charge in [-0.05, 0) is 24.1 Å². The Balaban J connectivity index is 1.79. The predicted molar refractivity (Wildman–Crippen MR) is 94.8 cm³/mol. The Morgan fingerprint density at radius 2 is 1.73 bits per heavy atom. The molecule has 1 aliphatic heterocycles. The molecule has 1 saturated heterocycles. The molecule has 1 fully saturated rings. The van der Waals surface area contributed by atoms with Gasteiger partial charge in [-0.3, -0.25) is 0 Å². The van der Waals surface area contributed by atoms with Gasteiger partial charge in [0, 0.05) is 6.42 Å². The zero-order valence-electron chi connectivity index (χ0n) is 14.5. The van der Waals surface area contributed by atoms with Gasteiger partial charge in [0.1, 0.15) is 30.2 Å². The molecule has 6 nitrogen and oxygen atoms in total. The monoisotopic (exact) mass is 360 g/mol. The van der Waals surface area contributed by atoms with Gasteiger partial charge in [-0.2, -0.15) is 0 Å². The number of hydrogen-bond donors (Lipinski definition) is 4. The standard InChI is InChI=1S/C20H24O6/c1-12-5-4-6-13(9-12)10-14-7-2-3-8-15(14)25-20-19(24)18(23)17(22)16(11-21)26-20/h2-9,16-24H,10-11H2,1H3/t16-,17-,18+,19-,20-/m1/s1. The fourth-order valence-corrected chi connectivity index (χ4v) is 3.10. The number of para-hydroxylation sites is 1. The van der Waals surface area contributed by atoms with E-state index in [0.717, 1.165) is 16.7 Å². The van der Waals surface area contributed by atoms with Crippen LogP contribution in [0.5, 0.6) is 5.75 Å². The van der Waals surface area contributed by atoms with Gasteiger partial charge in [0.25, 0.3) is 0 Å². The number of hydrogen-bond acceptors (Lipinski definition) is 6. The van der Waals surface area contributed by atoms with Crippen LogP contribution in [0.2, 0.25) is 0 Å². The highest BCUT2D eigenvalue weighted by molar-refractivity contribution is 5.38. The number of aliphatic hydroxyl groups excluding tert-OH is 4. The molecule has 26 heavy (non-hydrogen) atoms. The molecule has 2 aromatic carbocycles. The summed E-state index contributed by atoms with van der Waals surface area (Å²) in [5, 5.41) is 39.2. The van der Waals surface area contributed by atoms with Crippen molar-refractivity contribution in [1.29, 1.82) is 0 Å². The van der Waals surface area contributed by atoms with E-state index in [2.05, 4.69) is 6.07 Å². The van der Waals surface area contributed by atoms with Crippen molar-refractivity contribution in [2.75, 3.05) is 6.61 Å². The second kappa shape index (κ2) is 8.16. The molecule has 3 rings (SSSR count). The molecule has 0 spiro atoms. The molecule has 0 bridgehead atoms. The third-order valence-corrected chi connectivity index (χ3v) is 4.54. The number of rotatable bonds is 5. The summed E-state index contributed by atoms with van der Waals surface area (Å²) in [5.74, 6) is 0.512. The lowest BCUT2D eigenvalue weighted by Crippen LogP contribution is -2.60. The summed E-state index contributed by atoms with van der Waals surface area (Å²) in [7, 11) is 0. The second-order valence-electron chi connectivity index (χ2n) is 6.59. The van der Waals surface area contributed by atoms with Gasteiger partial charge in [0.05, 0.1) is 6.61 Å². The molecule has 2 aromatic rings. The minimum Gasteiger partial charge on any atom is -0.462 e. The Bertz CT molecular complexity index is 732. The third-order valence-electron chi connectivity index (χ3n) is 4.54. The van der Waals surface area contributed by atoms with Gasteiger partial charge >= 0.3 is 0 Å². The summed E-state index contributed by atoms with van der Waals surface area (Å²) < 4.78 is 11.2. The SMILES string of the molecule is Cc1cccc(Cc2ccccc2O[C@@H]2O[C@H](CO)[C@@H](O)[C@H](O)[C@H]2O)c1. The topological polar surface area (TPSA) is 99.4 Å². The average Bonchev–Trinajstić information content (AvgIpc) is 2.63. The fourth-order valence-electron chi connectivity index (χ4n) is 3.10. The Morgan fingerprint density at radius 1 is 0.962 bits per heavy atom. The number of ether oxygens (including phenoxy) is 2. The van der Waals surface area contributed by atoms with Crippen molar-refractivity contribution < 1.29 is 29.9 Å². The number of aryl methyl sites for hydroxylation is 1. The van der Waals surface area contributed by atoms with Crippen molar-refractivity contribution >= 4 is 0 Å². The van der Waals surface area contributed by atoms with Crippen molar-refractivity contribution in [2.24, 2.45) is 0 Å². The van der Waals surface area contributed by atoms with Crippen molar-refractivity contribution in [3.05, 3.63) is 65.2 Å². The third kappa shape index (κ3) is 4.06. The Hall–Kier alpha value is -1.96. The van der Waals surface area contributed by atoms with E-state index in [-0.39, 0.29) is 0 Å². The van der Waals surface area contributed by atoms with Crippen LogP contribution in [0.25, 0.3) is 0 Å². The largest absolute Gasteiger partial charge is 0.462 e. The highest BCUT2D eigenvalue weighted by atomic mass is 16.7. The van der Waals surface area contributed by atoms with Gasteiger partial charge in [0.2, 0.25) is 6.29 Å². The molecule has 0 radical (unpaired) electrons. The Labute approximate surface area is 152 Å². The van der Waals surface area contributed by atoms with Gasteiger partial charge < -0.3 is 29.9 Å². The van der Waals surface area contributed by atoms with E-state index in [1.54, 1.807) is 12.1 Å². The molecule has 5 atom stereocenters. The first kappa shape index (κ1) is 18.8. The van der Waals surface area contributed by atoms with Gasteiger partial charge in [-0.25, -0.2) is 0 Å². The summed E-state index contributed by atoms with van der Waals surface area (Å²) >= 11 is 0. The van der Waals surface area contributed by atoms with Crippen LogP contribution in [0, 0.1) is 6.92 Å². The van der Waals surface area contributed by atoms with Crippen LogP contribution in [0.3, 0.4) is 0 Å². The zero-order valence-corrected chi connectivity index (χ0v) is 14.5. The molecule has 140 valence electrons. The fraction of sp³-hybridized carbons (Fsp3) is 0.400. The summed E-state index contributed by atoms with van der Waals surface area (Å²) in [6.45, 7) is 1.54. The van der Waals surface area contributed by atoms with Crippen LogP contribution in [0.15, 0.2) is 48.5 Å². The molecule has 0 aliphatic carbocycles. The summed E-state index contributed by atoms with van der Waals surface area (Å²) in [6, 6.07) is 15.5. The Morgan fingerprint density at radius 3 is 2.46 bits per heavy atom. The maximum absolute atomic E-state index is 10.2. The predicted octanol–water partition coefficient (Wildman–Crippen LogP) is 0.765. The quantitative estimate of drug-likeness (QED) is 0.628. The lowest BCUT2D eigenvalue weighted by atomic mass is 9.99. The number of aliphatic hydroxyl groups is 4. The van der Waals surface area contributed by atoms with Gasteiger partial charge in [0.15, 0.2) is 0 Å². The minimum absolute atomic E-state index is 0.490. The molecular weight excluding hydrogens is 336 g/mol. The van der Waals surface area contributed by atoms with Crippen LogP contribution in [-0.4, -0.2) is 57.7 Å². The maximum atomic E-state index is 10.2. The van der Waals surface area contributed by atoms with Gasteiger partial charge in [-0.1, -0.05) is 48.0 Å². The van der Waals surface area contributed by atoms with E-state index in [4.69, 9.17) is 9.47 Å². The smallest absolute Gasteiger partial charge is 0.229 e. The molecular formula is C20H24O6. The van der Waals surface area contributed by atoms with Gasteiger partial charge in [-0.15, -0.1) is 0 Å².